The van der Waals surface area contributed by atoms with Gasteiger partial charge in [0.1, 0.15) is 5.82 Å². The molecule has 1 aliphatic heterocycles. The molecule has 1 heterocycles. The van der Waals surface area contributed by atoms with Gasteiger partial charge in [0.15, 0.2) is 0 Å². The van der Waals surface area contributed by atoms with E-state index in [4.69, 9.17) is 11.6 Å². The fourth-order valence-corrected chi connectivity index (χ4v) is 3.39. The Hall–Kier alpha value is -1.72. The number of hydrogen-bond donors (Lipinski definition) is 2. The van der Waals surface area contributed by atoms with E-state index in [0.717, 1.165) is 18.7 Å². The maximum atomic E-state index is 12.9. The summed E-state index contributed by atoms with van der Waals surface area (Å²) in [5, 5.41) is 21.7. The van der Waals surface area contributed by atoms with Crippen LogP contribution in [0.5, 0.6) is 0 Å². The first-order valence-electron chi connectivity index (χ1n) is 8.77. The maximum Gasteiger partial charge on any atom is 0.123 e. The van der Waals surface area contributed by atoms with Gasteiger partial charge in [-0.25, -0.2) is 4.39 Å². The van der Waals surface area contributed by atoms with Gasteiger partial charge in [0.05, 0.1) is 11.7 Å². The van der Waals surface area contributed by atoms with E-state index in [-0.39, 0.29) is 5.82 Å². The van der Waals surface area contributed by atoms with Crippen LogP contribution in [0.2, 0.25) is 5.02 Å². The molecule has 2 N–H and O–H groups in total. The molecular weight excluding hydrogens is 353 g/mol. The van der Waals surface area contributed by atoms with Gasteiger partial charge < -0.3 is 10.2 Å². The zero-order chi connectivity index (χ0) is 18.6. The van der Waals surface area contributed by atoms with E-state index in [9.17, 15) is 14.6 Å². The van der Waals surface area contributed by atoms with Gasteiger partial charge in [-0.05, 0) is 48.2 Å². The lowest BCUT2D eigenvalue weighted by molar-refractivity contribution is -0.0234. The topological polar surface area (TPSA) is 43.7 Å². The van der Waals surface area contributed by atoms with Crippen LogP contribution in [0.1, 0.15) is 30.1 Å². The highest BCUT2D eigenvalue weighted by Crippen LogP contribution is 2.33. The molecule has 0 aromatic heterocycles. The Balaban J connectivity index is 1.50. The van der Waals surface area contributed by atoms with Gasteiger partial charge in [-0.3, -0.25) is 4.90 Å². The predicted octanol–water partition coefficient (Wildman–Crippen LogP) is 4.05. The van der Waals surface area contributed by atoms with Crippen LogP contribution >= 0.6 is 11.6 Å². The van der Waals surface area contributed by atoms with Crippen LogP contribution < -0.4 is 0 Å². The number of nitrogens with zero attached hydrogens (tertiary/aromatic N) is 1. The van der Waals surface area contributed by atoms with Gasteiger partial charge in [-0.1, -0.05) is 48.0 Å². The molecule has 5 heteroatoms. The largest absolute Gasteiger partial charge is 0.385 e. The lowest BCUT2D eigenvalue weighted by Crippen LogP contribution is -2.42. The number of aliphatic hydroxyl groups excluding tert-OH is 1. The van der Waals surface area contributed by atoms with Crippen LogP contribution in [0.15, 0.2) is 60.7 Å². The average molecular weight is 376 g/mol. The van der Waals surface area contributed by atoms with Crippen molar-refractivity contribution in [2.45, 2.75) is 24.5 Å². The summed E-state index contributed by atoms with van der Waals surface area (Å²) in [5.74, 6) is -0.313. The van der Waals surface area contributed by atoms with E-state index in [1.807, 2.05) is 18.2 Å². The van der Waals surface area contributed by atoms with Crippen molar-refractivity contribution in [1.82, 2.24) is 4.90 Å². The molecule has 26 heavy (non-hydrogen) atoms. The number of halogens is 2. The minimum atomic E-state index is -0.807. The van der Waals surface area contributed by atoms with E-state index in [1.54, 1.807) is 30.3 Å². The van der Waals surface area contributed by atoms with Crippen LogP contribution in [0, 0.1) is 5.82 Å². The third kappa shape index (κ3) is 4.71. The summed E-state index contributed by atoms with van der Waals surface area (Å²) in [4.78, 5) is 2.23. The number of rotatable bonds is 5. The second-order valence-corrected chi connectivity index (χ2v) is 7.20. The molecule has 2 aromatic rings. The van der Waals surface area contributed by atoms with Crippen LogP contribution in [0.4, 0.5) is 4.39 Å². The summed E-state index contributed by atoms with van der Waals surface area (Å²) in [6.07, 6.45) is 4.20. The standard InChI is InChI=1S/C21H23ClFNO2/c22-18-7-5-17(6-8-18)21(26)11-14-24(15-12-21)13-1-2-20(25)16-3-9-19(23)10-4-16/h1-10,20,25-26H,11-15H2/b2-1+. The minimum Gasteiger partial charge on any atom is -0.385 e. The van der Waals surface area contributed by atoms with Gasteiger partial charge in [-0.2, -0.15) is 0 Å². The summed E-state index contributed by atoms with van der Waals surface area (Å²) in [7, 11) is 0. The van der Waals surface area contributed by atoms with Crippen molar-refractivity contribution in [2.24, 2.45) is 0 Å². The first-order chi connectivity index (χ1) is 12.5. The van der Waals surface area contributed by atoms with Gasteiger partial charge in [0.2, 0.25) is 0 Å². The third-order valence-corrected chi connectivity index (χ3v) is 5.21. The van der Waals surface area contributed by atoms with Crippen molar-refractivity contribution in [3.63, 3.8) is 0 Å². The Labute approximate surface area is 158 Å². The number of aliphatic hydroxyl groups is 2. The van der Waals surface area contributed by atoms with Crippen molar-refractivity contribution in [3.8, 4) is 0 Å². The number of hydrogen-bond acceptors (Lipinski definition) is 3. The Kier molecular flexibility index (Phi) is 6.09. The first kappa shape index (κ1) is 19.1. The van der Waals surface area contributed by atoms with Crippen LogP contribution in [0.3, 0.4) is 0 Å². The molecule has 1 saturated heterocycles. The molecule has 1 aliphatic rings. The molecular formula is C21H23ClFNO2. The van der Waals surface area contributed by atoms with E-state index < -0.39 is 11.7 Å². The van der Waals surface area contributed by atoms with Crippen LogP contribution in [0.25, 0.3) is 0 Å². The molecule has 0 amide bonds. The van der Waals surface area contributed by atoms with E-state index >= 15 is 0 Å². The number of piperidine rings is 1. The molecule has 0 radical (unpaired) electrons. The smallest absolute Gasteiger partial charge is 0.123 e. The monoisotopic (exact) mass is 375 g/mol. The van der Waals surface area contributed by atoms with E-state index in [1.165, 1.54) is 12.1 Å². The third-order valence-electron chi connectivity index (χ3n) is 4.96. The molecule has 2 aromatic carbocycles. The van der Waals surface area contributed by atoms with Crippen LogP contribution in [-0.4, -0.2) is 34.7 Å². The fraction of sp³-hybridized carbons (Fsp3) is 0.333. The van der Waals surface area contributed by atoms with Gasteiger partial charge in [0.25, 0.3) is 0 Å². The highest BCUT2D eigenvalue weighted by atomic mass is 35.5. The number of likely N-dealkylation sites (tertiary alicyclic amines) is 1. The molecule has 3 rings (SSSR count). The van der Waals surface area contributed by atoms with Gasteiger partial charge in [-0.15, -0.1) is 0 Å². The normalized spacial score (nSPS) is 18.9. The molecule has 0 saturated carbocycles. The van der Waals surface area contributed by atoms with E-state index in [0.29, 0.717) is 30.0 Å². The lowest BCUT2D eigenvalue weighted by Gasteiger charge is -2.38. The van der Waals surface area contributed by atoms with Crippen molar-refractivity contribution >= 4 is 11.6 Å². The molecule has 138 valence electrons. The Morgan fingerprint density at radius 1 is 1.08 bits per heavy atom. The lowest BCUT2D eigenvalue weighted by atomic mass is 9.84. The SMILES string of the molecule is OC(/C=C/CN1CCC(O)(c2ccc(Cl)cc2)CC1)c1ccc(F)cc1. The maximum absolute atomic E-state index is 12.9. The van der Waals surface area contributed by atoms with E-state index in [2.05, 4.69) is 4.90 Å². The van der Waals surface area contributed by atoms with Crippen molar-refractivity contribution in [1.29, 1.82) is 0 Å². The fourth-order valence-electron chi connectivity index (χ4n) is 3.26. The van der Waals surface area contributed by atoms with Crippen molar-refractivity contribution in [3.05, 3.63) is 82.6 Å². The minimum absolute atomic E-state index is 0.313. The van der Waals surface area contributed by atoms with Gasteiger partial charge >= 0.3 is 0 Å². The molecule has 0 spiro atoms. The summed E-state index contributed by atoms with van der Waals surface area (Å²) in [6.45, 7) is 2.25. The van der Waals surface area contributed by atoms with Crippen LogP contribution in [-0.2, 0) is 5.60 Å². The Morgan fingerprint density at radius 3 is 2.31 bits per heavy atom. The zero-order valence-corrected chi connectivity index (χ0v) is 15.2. The first-order valence-corrected chi connectivity index (χ1v) is 9.15. The van der Waals surface area contributed by atoms with Gasteiger partial charge in [0, 0.05) is 24.7 Å². The highest BCUT2D eigenvalue weighted by molar-refractivity contribution is 6.30. The molecule has 1 fully saturated rings. The summed E-state index contributed by atoms with van der Waals surface area (Å²) in [6, 6.07) is 13.2. The molecule has 1 unspecified atom stereocenters. The molecule has 0 aliphatic carbocycles. The average Bonchev–Trinajstić information content (AvgIpc) is 2.64. The number of benzene rings is 2. The quantitative estimate of drug-likeness (QED) is 0.775. The summed E-state index contributed by atoms with van der Waals surface area (Å²) in [5.41, 5.74) is 0.764. The predicted molar refractivity (Wildman–Crippen MR) is 102 cm³/mol. The van der Waals surface area contributed by atoms with Crippen molar-refractivity contribution in [2.75, 3.05) is 19.6 Å². The molecule has 1 atom stereocenters. The highest BCUT2D eigenvalue weighted by Gasteiger charge is 2.33. The Morgan fingerprint density at radius 2 is 1.69 bits per heavy atom. The second kappa shape index (κ2) is 8.31. The Bertz CT molecular complexity index is 738. The summed E-state index contributed by atoms with van der Waals surface area (Å²) < 4.78 is 12.9. The zero-order valence-electron chi connectivity index (χ0n) is 14.5. The second-order valence-electron chi connectivity index (χ2n) is 6.76. The van der Waals surface area contributed by atoms with Crippen molar-refractivity contribution < 1.29 is 14.6 Å². The summed E-state index contributed by atoms with van der Waals surface area (Å²) >= 11 is 5.92. The molecule has 0 bridgehead atoms. The molecule has 3 nitrogen and oxygen atoms in total.